The van der Waals surface area contributed by atoms with Crippen LogP contribution >= 0.6 is 0 Å². The highest BCUT2D eigenvalue weighted by Crippen LogP contribution is 2.40. The van der Waals surface area contributed by atoms with Gasteiger partial charge in [-0.25, -0.2) is 12.8 Å². The Morgan fingerprint density at radius 3 is 2.23 bits per heavy atom. The van der Waals surface area contributed by atoms with Gasteiger partial charge in [0, 0.05) is 6.54 Å². The fourth-order valence-electron chi connectivity index (χ4n) is 3.00. The van der Waals surface area contributed by atoms with Gasteiger partial charge >= 0.3 is 0 Å². The molecule has 2 aromatic rings. The topological polar surface area (TPSA) is 46.2 Å². The van der Waals surface area contributed by atoms with E-state index in [0.29, 0.717) is 19.5 Å². The van der Waals surface area contributed by atoms with Gasteiger partial charge in [-0.2, -0.15) is 0 Å². The maximum atomic E-state index is 13.2. The van der Waals surface area contributed by atoms with Crippen LogP contribution in [0.15, 0.2) is 53.4 Å². The van der Waals surface area contributed by atoms with E-state index >= 15 is 0 Å². The van der Waals surface area contributed by atoms with Crippen LogP contribution in [0.3, 0.4) is 0 Å². The van der Waals surface area contributed by atoms with Crippen molar-refractivity contribution in [2.45, 2.75) is 23.0 Å². The minimum atomic E-state index is -3.61. The van der Waals surface area contributed by atoms with Crippen LogP contribution in [0, 0.1) is 12.7 Å². The molecule has 0 aliphatic carbocycles. The van der Waals surface area contributed by atoms with E-state index in [2.05, 4.69) is 5.32 Å². The van der Waals surface area contributed by atoms with Crippen LogP contribution in [0.2, 0.25) is 0 Å². The number of rotatable bonds is 3. The van der Waals surface area contributed by atoms with E-state index in [0.717, 1.165) is 11.1 Å². The highest BCUT2D eigenvalue weighted by Gasteiger charge is 2.48. The number of aryl methyl sites for hydroxylation is 1. The van der Waals surface area contributed by atoms with E-state index in [-0.39, 0.29) is 4.90 Å². The summed E-state index contributed by atoms with van der Waals surface area (Å²) in [5.41, 5.74) is 1.87. The van der Waals surface area contributed by atoms with Crippen molar-refractivity contribution in [2.75, 3.05) is 13.1 Å². The van der Waals surface area contributed by atoms with Crippen LogP contribution in [0.4, 0.5) is 4.39 Å². The second kappa shape index (κ2) is 5.48. The molecule has 1 aliphatic rings. The van der Waals surface area contributed by atoms with Crippen LogP contribution in [0.5, 0.6) is 0 Å². The maximum absolute atomic E-state index is 13.2. The van der Waals surface area contributed by atoms with Crippen molar-refractivity contribution < 1.29 is 12.8 Å². The molecule has 1 N–H and O–H groups in total. The third-order valence-corrected chi connectivity index (χ3v) is 6.84. The van der Waals surface area contributed by atoms with Crippen molar-refractivity contribution in [3.63, 3.8) is 0 Å². The van der Waals surface area contributed by atoms with Gasteiger partial charge in [0.15, 0.2) is 9.84 Å². The first kappa shape index (κ1) is 15.2. The molecule has 116 valence electrons. The summed E-state index contributed by atoms with van der Waals surface area (Å²) in [6.45, 7) is 2.99. The summed E-state index contributed by atoms with van der Waals surface area (Å²) >= 11 is 0. The number of benzene rings is 2. The van der Waals surface area contributed by atoms with Gasteiger partial charge in [-0.3, -0.25) is 0 Å². The Morgan fingerprint density at radius 1 is 1.05 bits per heavy atom. The normalized spacial score (nSPS) is 21.9. The molecule has 3 rings (SSSR count). The average Bonchev–Trinajstić information content (AvgIpc) is 3.00. The Balaban J connectivity index is 2.14. The zero-order valence-corrected chi connectivity index (χ0v) is 13.2. The predicted octanol–water partition coefficient (Wildman–Crippen LogP) is 2.80. The van der Waals surface area contributed by atoms with Gasteiger partial charge in [0.05, 0.1) is 4.90 Å². The van der Waals surface area contributed by atoms with E-state index in [4.69, 9.17) is 0 Å². The first-order chi connectivity index (χ1) is 10.5. The number of halogens is 1. The van der Waals surface area contributed by atoms with Crippen molar-refractivity contribution in [2.24, 2.45) is 0 Å². The first-order valence-electron chi connectivity index (χ1n) is 7.24. The van der Waals surface area contributed by atoms with Gasteiger partial charge in [0.25, 0.3) is 0 Å². The van der Waals surface area contributed by atoms with Crippen LogP contribution < -0.4 is 5.32 Å². The monoisotopic (exact) mass is 319 g/mol. The van der Waals surface area contributed by atoms with Crippen LogP contribution in [0.1, 0.15) is 17.5 Å². The van der Waals surface area contributed by atoms with Crippen LogP contribution in [-0.2, 0) is 14.6 Å². The molecule has 22 heavy (non-hydrogen) atoms. The van der Waals surface area contributed by atoms with Crippen molar-refractivity contribution in [3.8, 4) is 0 Å². The Bertz CT molecular complexity index is 761. The molecule has 1 fully saturated rings. The van der Waals surface area contributed by atoms with Gasteiger partial charge in [0.1, 0.15) is 10.6 Å². The Hall–Kier alpha value is -1.72. The lowest BCUT2D eigenvalue weighted by atomic mass is 9.96. The van der Waals surface area contributed by atoms with Gasteiger partial charge in [-0.1, -0.05) is 29.8 Å². The van der Waals surface area contributed by atoms with E-state index in [9.17, 15) is 12.8 Å². The smallest absolute Gasteiger partial charge is 0.189 e. The fraction of sp³-hybridized carbons (Fsp3) is 0.294. The molecule has 0 aromatic heterocycles. The molecule has 5 heteroatoms. The second-order valence-corrected chi connectivity index (χ2v) is 8.00. The van der Waals surface area contributed by atoms with E-state index in [1.54, 1.807) is 0 Å². The maximum Gasteiger partial charge on any atom is 0.189 e. The Kier molecular flexibility index (Phi) is 3.78. The standard InChI is InChI=1S/C17H18FNO2S/c1-13-2-4-14(5-3-13)17(10-11-19-12-17)22(20,21)16-8-6-15(18)7-9-16/h2-9,19H,10-12H2,1H3/t17-/m0/s1. The number of nitrogens with one attached hydrogen (secondary N) is 1. The van der Waals surface area contributed by atoms with Crippen LogP contribution in [-0.4, -0.2) is 21.5 Å². The van der Waals surface area contributed by atoms with Gasteiger partial charge in [-0.05, 0) is 49.7 Å². The van der Waals surface area contributed by atoms with Gasteiger partial charge in [-0.15, -0.1) is 0 Å². The summed E-state index contributed by atoms with van der Waals surface area (Å²) in [5.74, 6) is -0.437. The van der Waals surface area contributed by atoms with Gasteiger partial charge < -0.3 is 5.32 Å². The molecule has 2 aromatic carbocycles. The zero-order chi connectivity index (χ0) is 15.8. The fourth-order valence-corrected chi connectivity index (χ4v) is 5.05. The molecular weight excluding hydrogens is 301 g/mol. The lowest BCUT2D eigenvalue weighted by molar-refractivity contribution is 0.536. The average molecular weight is 319 g/mol. The third kappa shape index (κ3) is 2.34. The number of hydrogen-bond acceptors (Lipinski definition) is 3. The summed E-state index contributed by atoms with van der Waals surface area (Å²) in [6, 6.07) is 12.7. The van der Waals surface area contributed by atoms with E-state index in [1.165, 1.54) is 24.3 Å². The Morgan fingerprint density at radius 2 is 1.68 bits per heavy atom. The third-order valence-electron chi connectivity index (χ3n) is 4.33. The molecule has 0 bridgehead atoms. The molecule has 1 atom stereocenters. The molecule has 0 spiro atoms. The first-order valence-corrected chi connectivity index (χ1v) is 8.72. The minimum Gasteiger partial charge on any atom is -0.315 e. The number of sulfone groups is 1. The van der Waals surface area contributed by atoms with Crippen LogP contribution in [0.25, 0.3) is 0 Å². The summed E-state index contributed by atoms with van der Waals surface area (Å²) in [5, 5.41) is 3.16. The lowest BCUT2D eigenvalue weighted by Gasteiger charge is -2.29. The van der Waals surface area contributed by atoms with Crippen molar-refractivity contribution in [3.05, 3.63) is 65.5 Å². The molecule has 1 aliphatic heterocycles. The SMILES string of the molecule is Cc1ccc([C@]2(S(=O)(=O)c3ccc(F)cc3)CCNC2)cc1. The molecule has 0 unspecified atom stereocenters. The van der Waals surface area contributed by atoms with Crippen molar-refractivity contribution >= 4 is 9.84 Å². The van der Waals surface area contributed by atoms with E-state index < -0.39 is 20.4 Å². The molecule has 0 amide bonds. The predicted molar refractivity (Wildman–Crippen MR) is 83.9 cm³/mol. The highest BCUT2D eigenvalue weighted by atomic mass is 32.2. The Labute approximate surface area is 130 Å². The highest BCUT2D eigenvalue weighted by molar-refractivity contribution is 7.92. The summed E-state index contributed by atoms with van der Waals surface area (Å²) < 4.78 is 38.5. The second-order valence-electron chi connectivity index (χ2n) is 5.74. The molecule has 0 saturated carbocycles. The zero-order valence-electron chi connectivity index (χ0n) is 12.3. The minimum absolute atomic E-state index is 0.165. The van der Waals surface area contributed by atoms with Gasteiger partial charge in [0.2, 0.25) is 0 Å². The molecular formula is C17H18FNO2S. The summed E-state index contributed by atoms with van der Waals surface area (Å²) in [4.78, 5) is 0.165. The molecule has 3 nitrogen and oxygen atoms in total. The number of hydrogen-bond donors (Lipinski definition) is 1. The lowest BCUT2D eigenvalue weighted by Crippen LogP contribution is -2.38. The summed E-state index contributed by atoms with van der Waals surface area (Å²) in [7, 11) is -3.61. The molecule has 1 saturated heterocycles. The van der Waals surface area contributed by atoms with Crippen molar-refractivity contribution in [1.29, 1.82) is 0 Å². The van der Waals surface area contributed by atoms with E-state index in [1.807, 2.05) is 31.2 Å². The molecule has 1 heterocycles. The van der Waals surface area contributed by atoms with Crippen molar-refractivity contribution in [1.82, 2.24) is 5.32 Å². The largest absolute Gasteiger partial charge is 0.315 e. The summed E-state index contributed by atoms with van der Waals surface area (Å²) in [6.07, 6.45) is 0.510. The quantitative estimate of drug-likeness (QED) is 0.885. The molecule has 0 radical (unpaired) electrons.